The minimum absolute atomic E-state index is 0.854. The van der Waals surface area contributed by atoms with Gasteiger partial charge in [-0.1, -0.05) is 35.9 Å². The van der Waals surface area contributed by atoms with Crippen LogP contribution in [0.3, 0.4) is 0 Å². The SMILES string of the molecule is BC(I)CC. The standard InChI is InChI=1S/C3H8BI/c1-2-3(4)5/h3H,2,4H2,1H3. The summed E-state index contributed by atoms with van der Waals surface area (Å²) in [6.07, 6.45) is 1.29. The van der Waals surface area contributed by atoms with Gasteiger partial charge in [0.25, 0.3) is 0 Å². The predicted molar refractivity (Wildman–Crippen MR) is 36.6 cm³/mol. The average Bonchev–Trinajstić information content (AvgIpc) is 1.38. The summed E-state index contributed by atoms with van der Waals surface area (Å²) in [4.78, 5) is 0. The van der Waals surface area contributed by atoms with Crippen molar-refractivity contribution in [1.82, 2.24) is 0 Å². The highest BCUT2D eigenvalue weighted by atomic mass is 127. The zero-order chi connectivity index (χ0) is 4.28. The van der Waals surface area contributed by atoms with Crippen LogP contribution in [0, 0.1) is 0 Å². The fourth-order valence-electron chi connectivity index (χ4n) is 0. The maximum atomic E-state index is 2.41. The summed E-state index contributed by atoms with van der Waals surface area (Å²) in [5, 5.41) is 0. The molecule has 2 heteroatoms. The highest BCUT2D eigenvalue weighted by molar-refractivity contribution is 14.1. The lowest BCUT2D eigenvalue weighted by atomic mass is 10.0. The molecule has 0 aliphatic carbocycles. The quantitative estimate of drug-likeness (QED) is 0.319. The number of hydrogen-bond donors (Lipinski definition) is 0. The summed E-state index contributed by atoms with van der Waals surface area (Å²) in [5.41, 5.74) is 0. The van der Waals surface area contributed by atoms with Gasteiger partial charge in [-0.05, 0) is 3.82 Å². The largest absolute Gasteiger partial charge is 0.118 e. The van der Waals surface area contributed by atoms with E-state index in [9.17, 15) is 0 Å². The molecule has 1 atom stereocenters. The number of hydrogen-bond acceptors (Lipinski definition) is 0. The topological polar surface area (TPSA) is 0 Å². The number of alkyl halides is 1. The predicted octanol–water partition coefficient (Wildman–Crippen LogP) is 0.791. The first-order valence-electron chi connectivity index (χ1n) is 1.91. The van der Waals surface area contributed by atoms with Gasteiger partial charge in [0, 0.05) is 0 Å². The van der Waals surface area contributed by atoms with Crippen LogP contribution in [-0.4, -0.2) is 11.7 Å². The molecule has 0 aliphatic rings. The Morgan fingerprint density at radius 1 is 2.00 bits per heavy atom. The van der Waals surface area contributed by atoms with Gasteiger partial charge in [-0.25, -0.2) is 0 Å². The van der Waals surface area contributed by atoms with Crippen molar-refractivity contribution in [2.24, 2.45) is 0 Å². The zero-order valence-corrected chi connectivity index (χ0v) is 5.82. The van der Waals surface area contributed by atoms with Crippen LogP contribution in [0.2, 0.25) is 0 Å². The van der Waals surface area contributed by atoms with Crippen LogP contribution in [0.15, 0.2) is 0 Å². The Morgan fingerprint density at radius 3 is 2.20 bits per heavy atom. The van der Waals surface area contributed by atoms with Crippen LogP contribution in [0.1, 0.15) is 13.3 Å². The fourth-order valence-corrected chi connectivity index (χ4v) is 0. The molecular weight excluding hydrogens is 174 g/mol. The molecule has 1 unspecified atom stereocenters. The summed E-state index contributed by atoms with van der Waals surface area (Å²) >= 11 is 2.41. The first-order chi connectivity index (χ1) is 2.27. The summed E-state index contributed by atoms with van der Waals surface area (Å²) in [6.45, 7) is 2.19. The second-order valence-corrected chi connectivity index (χ2v) is 3.32. The molecular formula is C3H8BI. The van der Waals surface area contributed by atoms with Crippen LogP contribution in [0.5, 0.6) is 0 Å². The normalized spacial score (nSPS) is 14.8. The van der Waals surface area contributed by atoms with Gasteiger partial charge in [0.2, 0.25) is 0 Å². The van der Waals surface area contributed by atoms with Gasteiger partial charge in [-0.15, -0.1) is 0 Å². The monoisotopic (exact) mass is 182 g/mol. The molecule has 0 amide bonds. The molecule has 30 valence electrons. The highest BCUT2D eigenvalue weighted by Crippen LogP contribution is 1.96. The first-order valence-corrected chi connectivity index (χ1v) is 3.16. The molecule has 0 saturated carbocycles. The van der Waals surface area contributed by atoms with Crippen molar-refractivity contribution in [2.75, 3.05) is 0 Å². The Hall–Kier alpha value is 0.795. The van der Waals surface area contributed by atoms with Crippen LogP contribution < -0.4 is 0 Å². The van der Waals surface area contributed by atoms with Crippen molar-refractivity contribution in [3.8, 4) is 0 Å². The second-order valence-electron chi connectivity index (χ2n) is 1.19. The molecule has 0 aromatic carbocycles. The van der Waals surface area contributed by atoms with Gasteiger partial charge >= 0.3 is 0 Å². The van der Waals surface area contributed by atoms with Gasteiger partial charge < -0.3 is 0 Å². The summed E-state index contributed by atoms with van der Waals surface area (Å²) < 4.78 is 0.854. The second kappa shape index (κ2) is 3.00. The lowest BCUT2D eigenvalue weighted by Crippen LogP contribution is -1.88. The Kier molecular flexibility index (Phi) is 3.48. The molecule has 0 saturated heterocycles. The van der Waals surface area contributed by atoms with Gasteiger partial charge in [0.1, 0.15) is 7.85 Å². The molecule has 0 rings (SSSR count). The third-order valence-electron chi connectivity index (χ3n) is 0.563. The highest BCUT2D eigenvalue weighted by Gasteiger charge is 1.83. The Labute approximate surface area is 47.9 Å². The van der Waals surface area contributed by atoms with Crippen LogP contribution in [0.4, 0.5) is 0 Å². The van der Waals surface area contributed by atoms with E-state index in [-0.39, 0.29) is 0 Å². The van der Waals surface area contributed by atoms with E-state index in [1.54, 1.807) is 0 Å². The average molecular weight is 182 g/mol. The number of rotatable bonds is 1. The van der Waals surface area contributed by atoms with Crippen molar-refractivity contribution in [3.05, 3.63) is 0 Å². The maximum Gasteiger partial charge on any atom is 0.118 e. The van der Waals surface area contributed by atoms with Crippen molar-refractivity contribution in [2.45, 2.75) is 17.2 Å². The van der Waals surface area contributed by atoms with E-state index in [1.165, 1.54) is 6.42 Å². The van der Waals surface area contributed by atoms with E-state index >= 15 is 0 Å². The fraction of sp³-hybridized carbons (Fsp3) is 1.00. The molecule has 0 fully saturated rings. The third kappa shape index (κ3) is 4.79. The third-order valence-corrected chi connectivity index (χ3v) is 1.44. The van der Waals surface area contributed by atoms with E-state index in [0.29, 0.717) is 0 Å². The Bertz CT molecular complexity index is 20.9. The van der Waals surface area contributed by atoms with Gasteiger partial charge in [-0.3, -0.25) is 0 Å². The molecule has 0 spiro atoms. The molecule has 0 heterocycles. The molecule has 0 N–H and O–H groups in total. The van der Waals surface area contributed by atoms with E-state index in [4.69, 9.17) is 0 Å². The van der Waals surface area contributed by atoms with Crippen LogP contribution >= 0.6 is 22.6 Å². The van der Waals surface area contributed by atoms with E-state index < -0.39 is 0 Å². The van der Waals surface area contributed by atoms with Crippen LogP contribution in [-0.2, 0) is 0 Å². The summed E-state index contributed by atoms with van der Waals surface area (Å²) in [5.74, 6) is 0. The Morgan fingerprint density at radius 2 is 2.20 bits per heavy atom. The van der Waals surface area contributed by atoms with Crippen LogP contribution in [0.25, 0.3) is 0 Å². The minimum Gasteiger partial charge on any atom is -0.0924 e. The van der Waals surface area contributed by atoms with E-state index in [1.807, 2.05) is 0 Å². The lowest BCUT2D eigenvalue weighted by Gasteiger charge is -1.87. The van der Waals surface area contributed by atoms with E-state index in [2.05, 4.69) is 37.4 Å². The van der Waals surface area contributed by atoms with E-state index in [0.717, 1.165) is 3.82 Å². The molecule has 0 nitrogen and oxygen atoms in total. The van der Waals surface area contributed by atoms with Gasteiger partial charge in [0.05, 0.1) is 0 Å². The molecule has 0 radical (unpaired) electrons. The van der Waals surface area contributed by atoms with Crippen molar-refractivity contribution in [1.29, 1.82) is 0 Å². The Balaban J connectivity index is 2.54. The summed E-state index contributed by atoms with van der Waals surface area (Å²) in [6, 6.07) is 0. The molecule has 0 aliphatic heterocycles. The van der Waals surface area contributed by atoms with Crippen molar-refractivity contribution in [3.63, 3.8) is 0 Å². The van der Waals surface area contributed by atoms with Gasteiger partial charge in [0.15, 0.2) is 0 Å². The molecule has 5 heavy (non-hydrogen) atoms. The number of halogens is 1. The first kappa shape index (κ1) is 5.79. The zero-order valence-electron chi connectivity index (χ0n) is 3.66. The van der Waals surface area contributed by atoms with Gasteiger partial charge in [-0.2, -0.15) is 0 Å². The van der Waals surface area contributed by atoms with Crippen molar-refractivity contribution >= 4 is 30.4 Å². The smallest absolute Gasteiger partial charge is 0.0924 e. The molecule has 0 bridgehead atoms. The minimum atomic E-state index is 0.854. The molecule has 0 aromatic heterocycles. The van der Waals surface area contributed by atoms with Crippen molar-refractivity contribution < 1.29 is 0 Å². The summed E-state index contributed by atoms with van der Waals surface area (Å²) in [7, 11) is 2.21. The maximum absolute atomic E-state index is 2.41. The lowest BCUT2D eigenvalue weighted by molar-refractivity contribution is 1.07. The molecule has 0 aromatic rings.